The molecule has 0 saturated heterocycles. The molecule has 1 rings (SSSR count). The van der Waals surface area contributed by atoms with Crippen molar-refractivity contribution in [3.63, 3.8) is 0 Å². The molecule has 0 fully saturated rings. The third-order valence-corrected chi connectivity index (χ3v) is 2.27. The molecule has 17 heavy (non-hydrogen) atoms. The molecular formula is C11H19N3O3. The van der Waals surface area contributed by atoms with Crippen molar-refractivity contribution in [2.75, 3.05) is 34.0 Å². The Morgan fingerprint density at radius 3 is 2.88 bits per heavy atom. The van der Waals surface area contributed by atoms with Gasteiger partial charge in [-0.1, -0.05) is 0 Å². The minimum Gasteiger partial charge on any atom is -0.495 e. The number of methoxy groups -OCH3 is 2. The van der Waals surface area contributed by atoms with Crippen molar-refractivity contribution in [3.8, 4) is 5.75 Å². The highest BCUT2D eigenvalue weighted by Crippen LogP contribution is 2.21. The molecular weight excluding hydrogens is 222 g/mol. The fourth-order valence-electron chi connectivity index (χ4n) is 1.39. The fraction of sp³-hybridized carbons (Fsp3) is 0.545. The second-order valence-corrected chi connectivity index (χ2v) is 3.38. The predicted molar refractivity (Wildman–Crippen MR) is 63.5 cm³/mol. The number of rotatable bonds is 8. The third-order valence-electron chi connectivity index (χ3n) is 2.27. The van der Waals surface area contributed by atoms with Gasteiger partial charge in [0.2, 0.25) is 0 Å². The van der Waals surface area contributed by atoms with E-state index in [9.17, 15) is 0 Å². The zero-order valence-corrected chi connectivity index (χ0v) is 10.2. The predicted octanol–water partition coefficient (Wildman–Crippen LogP) is 0.258. The Balaban J connectivity index is 2.59. The number of hydrogen-bond acceptors (Lipinski definition) is 6. The first-order chi connectivity index (χ1) is 8.33. The van der Waals surface area contributed by atoms with Crippen LogP contribution >= 0.6 is 0 Å². The summed E-state index contributed by atoms with van der Waals surface area (Å²) in [5.74, 6) is 6.17. The molecule has 3 N–H and O–H groups in total. The number of hydrazine groups is 1. The first-order valence-corrected chi connectivity index (χ1v) is 5.35. The van der Waals surface area contributed by atoms with Gasteiger partial charge in [-0.15, -0.1) is 0 Å². The Labute approximate surface area is 101 Å². The summed E-state index contributed by atoms with van der Waals surface area (Å²) in [6.07, 6.45) is 1.69. The zero-order valence-electron chi connectivity index (χ0n) is 10.2. The van der Waals surface area contributed by atoms with Crippen LogP contribution in [0.25, 0.3) is 0 Å². The van der Waals surface area contributed by atoms with Crippen molar-refractivity contribution in [2.24, 2.45) is 5.84 Å². The van der Waals surface area contributed by atoms with Crippen LogP contribution in [0.15, 0.2) is 18.3 Å². The van der Waals surface area contributed by atoms with E-state index in [0.717, 1.165) is 5.69 Å². The largest absolute Gasteiger partial charge is 0.495 e. The quantitative estimate of drug-likeness (QED) is 0.386. The molecule has 6 nitrogen and oxygen atoms in total. The molecule has 1 heterocycles. The highest BCUT2D eigenvalue weighted by Gasteiger charge is 2.16. The van der Waals surface area contributed by atoms with E-state index < -0.39 is 0 Å². The van der Waals surface area contributed by atoms with Gasteiger partial charge in [0, 0.05) is 13.3 Å². The van der Waals surface area contributed by atoms with Gasteiger partial charge in [-0.25, -0.2) is 5.43 Å². The summed E-state index contributed by atoms with van der Waals surface area (Å²) in [6, 6.07) is 3.44. The van der Waals surface area contributed by atoms with Gasteiger partial charge in [-0.05, 0) is 12.1 Å². The monoisotopic (exact) mass is 241 g/mol. The molecule has 1 atom stereocenters. The minimum atomic E-state index is -0.206. The van der Waals surface area contributed by atoms with Gasteiger partial charge in [0.15, 0.2) is 0 Å². The van der Waals surface area contributed by atoms with E-state index in [1.807, 2.05) is 12.1 Å². The van der Waals surface area contributed by atoms with Crippen molar-refractivity contribution in [2.45, 2.75) is 6.04 Å². The molecule has 0 amide bonds. The maximum atomic E-state index is 5.49. The number of aromatic nitrogens is 1. The maximum Gasteiger partial charge on any atom is 0.142 e. The number of ether oxygens (including phenoxy) is 3. The van der Waals surface area contributed by atoms with E-state index in [0.29, 0.717) is 25.6 Å². The van der Waals surface area contributed by atoms with Gasteiger partial charge in [-0.3, -0.25) is 10.8 Å². The molecule has 1 unspecified atom stereocenters. The lowest BCUT2D eigenvalue weighted by atomic mass is 10.2. The minimum absolute atomic E-state index is 0.206. The molecule has 6 heteroatoms. The summed E-state index contributed by atoms with van der Waals surface area (Å²) in [5.41, 5.74) is 3.39. The Bertz CT molecular complexity index is 323. The van der Waals surface area contributed by atoms with Crippen molar-refractivity contribution < 1.29 is 14.2 Å². The highest BCUT2D eigenvalue weighted by atomic mass is 16.5. The summed E-state index contributed by atoms with van der Waals surface area (Å²) in [4.78, 5) is 4.24. The second-order valence-electron chi connectivity index (χ2n) is 3.38. The van der Waals surface area contributed by atoms with Crippen molar-refractivity contribution in [1.29, 1.82) is 0 Å². The van der Waals surface area contributed by atoms with Crippen LogP contribution in [0.1, 0.15) is 11.7 Å². The van der Waals surface area contributed by atoms with Crippen molar-refractivity contribution >= 4 is 0 Å². The van der Waals surface area contributed by atoms with Crippen LogP contribution in [-0.2, 0) is 9.47 Å². The van der Waals surface area contributed by atoms with Gasteiger partial charge in [0.1, 0.15) is 11.4 Å². The van der Waals surface area contributed by atoms with Gasteiger partial charge >= 0.3 is 0 Å². The van der Waals surface area contributed by atoms with Crippen LogP contribution in [-0.4, -0.2) is 39.0 Å². The first-order valence-electron chi connectivity index (χ1n) is 5.35. The summed E-state index contributed by atoms with van der Waals surface area (Å²) in [7, 11) is 3.23. The smallest absolute Gasteiger partial charge is 0.142 e. The molecule has 0 aromatic carbocycles. The molecule has 0 saturated carbocycles. The fourth-order valence-corrected chi connectivity index (χ4v) is 1.39. The normalized spacial score (nSPS) is 12.4. The molecule has 0 spiro atoms. The van der Waals surface area contributed by atoms with E-state index in [1.54, 1.807) is 20.4 Å². The molecule has 0 bridgehead atoms. The lowest BCUT2D eigenvalue weighted by molar-refractivity contribution is 0.0576. The van der Waals surface area contributed by atoms with Crippen LogP contribution in [0.3, 0.4) is 0 Å². The number of nitrogens with two attached hydrogens (primary N) is 1. The lowest BCUT2D eigenvalue weighted by Gasteiger charge is -2.17. The van der Waals surface area contributed by atoms with Crippen molar-refractivity contribution in [3.05, 3.63) is 24.0 Å². The second kappa shape index (κ2) is 7.97. The Morgan fingerprint density at radius 1 is 1.41 bits per heavy atom. The first kappa shape index (κ1) is 13.9. The number of hydrogen-bond donors (Lipinski definition) is 2. The third kappa shape index (κ3) is 4.27. The van der Waals surface area contributed by atoms with E-state index in [1.165, 1.54) is 0 Å². The summed E-state index contributed by atoms with van der Waals surface area (Å²) >= 11 is 0. The molecule has 0 aliphatic heterocycles. The summed E-state index contributed by atoms with van der Waals surface area (Å²) < 4.78 is 15.5. The Hall–Kier alpha value is -1.21. The lowest BCUT2D eigenvalue weighted by Crippen LogP contribution is -2.32. The van der Waals surface area contributed by atoms with Crippen molar-refractivity contribution in [1.82, 2.24) is 10.4 Å². The number of nitrogens with one attached hydrogen (secondary N) is 1. The van der Waals surface area contributed by atoms with Gasteiger partial charge < -0.3 is 14.2 Å². The molecule has 1 aromatic heterocycles. The van der Waals surface area contributed by atoms with Crippen LogP contribution in [0.4, 0.5) is 0 Å². The van der Waals surface area contributed by atoms with Crippen LogP contribution in [0.5, 0.6) is 5.75 Å². The molecule has 96 valence electrons. The zero-order chi connectivity index (χ0) is 12.5. The molecule has 0 aliphatic rings. The van der Waals surface area contributed by atoms with Gasteiger partial charge in [-0.2, -0.15) is 0 Å². The Morgan fingerprint density at radius 2 is 2.24 bits per heavy atom. The number of pyridine rings is 1. The average Bonchev–Trinajstić information content (AvgIpc) is 2.39. The molecule has 0 radical (unpaired) electrons. The Kier molecular flexibility index (Phi) is 6.49. The van der Waals surface area contributed by atoms with E-state index >= 15 is 0 Å². The topological polar surface area (TPSA) is 78.6 Å². The van der Waals surface area contributed by atoms with Gasteiger partial charge in [0.25, 0.3) is 0 Å². The van der Waals surface area contributed by atoms with E-state index in [-0.39, 0.29) is 6.04 Å². The maximum absolute atomic E-state index is 5.49. The number of nitrogens with zero attached hydrogens (tertiary/aromatic N) is 1. The standard InChI is InChI=1S/C11H19N3O3/c1-15-6-7-17-8-9(14-12)11-10(16-2)4-3-5-13-11/h3-5,9,14H,6-8,12H2,1-2H3. The average molecular weight is 241 g/mol. The summed E-state index contributed by atoms with van der Waals surface area (Å²) in [5, 5.41) is 0. The van der Waals surface area contributed by atoms with Crippen LogP contribution in [0, 0.1) is 0 Å². The van der Waals surface area contributed by atoms with E-state index in [2.05, 4.69) is 10.4 Å². The van der Waals surface area contributed by atoms with Crippen LogP contribution < -0.4 is 16.0 Å². The van der Waals surface area contributed by atoms with E-state index in [4.69, 9.17) is 20.1 Å². The van der Waals surface area contributed by atoms with Crippen LogP contribution in [0.2, 0.25) is 0 Å². The summed E-state index contributed by atoms with van der Waals surface area (Å²) in [6.45, 7) is 1.48. The molecule has 0 aliphatic carbocycles. The van der Waals surface area contributed by atoms with Gasteiger partial charge in [0.05, 0.1) is 33.0 Å². The highest BCUT2D eigenvalue weighted by molar-refractivity contribution is 5.29. The molecule has 1 aromatic rings. The SMILES string of the molecule is COCCOCC(NN)c1ncccc1OC.